The molecule has 1 aliphatic rings. The number of aromatic nitrogens is 4. The van der Waals surface area contributed by atoms with Crippen LogP contribution >= 0.6 is 0 Å². The Bertz CT molecular complexity index is 1180. The zero-order valence-corrected chi connectivity index (χ0v) is 16.4. The van der Waals surface area contributed by atoms with E-state index < -0.39 is 15.9 Å². The maximum atomic E-state index is 12.8. The Kier molecular flexibility index (Phi) is 5.25. The number of nitrogens with one attached hydrogen (secondary N) is 2. The summed E-state index contributed by atoms with van der Waals surface area (Å²) in [6, 6.07) is 8.98. The number of amides is 2. The van der Waals surface area contributed by atoms with Gasteiger partial charge in [0, 0.05) is 18.7 Å². The number of hydrogen-bond donors (Lipinski definition) is 2. The van der Waals surface area contributed by atoms with Gasteiger partial charge >= 0.3 is 0 Å². The average molecular weight is 427 g/mol. The third kappa shape index (κ3) is 4.04. The fourth-order valence-electron chi connectivity index (χ4n) is 2.89. The molecule has 2 N–H and O–H groups in total. The van der Waals surface area contributed by atoms with Gasteiger partial charge in [0.05, 0.1) is 23.3 Å². The lowest BCUT2D eigenvalue weighted by molar-refractivity contribution is -0.122. The smallest absolute Gasteiger partial charge is 0.255 e. The van der Waals surface area contributed by atoms with Crippen molar-refractivity contribution in [1.29, 1.82) is 0 Å². The lowest BCUT2D eigenvalue weighted by Crippen LogP contribution is -2.49. The van der Waals surface area contributed by atoms with Crippen molar-refractivity contribution in [3.05, 3.63) is 60.8 Å². The van der Waals surface area contributed by atoms with Crippen molar-refractivity contribution in [2.45, 2.75) is 4.90 Å². The molecule has 0 saturated carbocycles. The first kappa shape index (κ1) is 19.7. The van der Waals surface area contributed by atoms with Gasteiger partial charge in [-0.05, 0) is 30.3 Å². The van der Waals surface area contributed by atoms with Crippen LogP contribution in [0.1, 0.15) is 10.4 Å². The van der Waals surface area contributed by atoms with Crippen molar-refractivity contribution in [3.8, 4) is 5.82 Å². The van der Waals surface area contributed by atoms with Crippen LogP contribution in [0, 0.1) is 0 Å². The van der Waals surface area contributed by atoms with Crippen molar-refractivity contribution < 1.29 is 18.0 Å². The Morgan fingerprint density at radius 1 is 1.20 bits per heavy atom. The molecule has 12 heteroatoms. The molecule has 30 heavy (non-hydrogen) atoms. The van der Waals surface area contributed by atoms with Gasteiger partial charge in [-0.15, -0.1) is 0 Å². The second-order valence-corrected chi connectivity index (χ2v) is 8.35. The SMILES string of the molecule is O=C1CN(S(=O)(=O)c2cccc(C(=O)Nc3ccc(-n4cncn4)nc3)c2)CCN1. The molecule has 0 atom stereocenters. The molecule has 0 spiro atoms. The number of sulfonamides is 1. The molecular weight excluding hydrogens is 410 g/mol. The number of nitrogens with zero attached hydrogens (tertiary/aromatic N) is 5. The largest absolute Gasteiger partial charge is 0.354 e. The molecule has 1 aliphatic heterocycles. The number of carbonyl (C=O) groups is 2. The molecule has 154 valence electrons. The Balaban J connectivity index is 1.50. The number of pyridine rings is 1. The first-order valence-corrected chi connectivity index (χ1v) is 10.4. The minimum Gasteiger partial charge on any atom is -0.354 e. The predicted molar refractivity (Wildman–Crippen MR) is 105 cm³/mol. The van der Waals surface area contributed by atoms with Crippen LogP contribution in [-0.4, -0.2) is 63.9 Å². The van der Waals surface area contributed by atoms with Crippen LogP contribution in [0.3, 0.4) is 0 Å². The maximum absolute atomic E-state index is 12.8. The van der Waals surface area contributed by atoms with Gasteiger partial charge < -0.3 is 10.6 Å². The zero-order valence-electron chi connectivity index (χ0n) is 15.6. The molecule has 1 aromatic carbocycles. The van der Waals surface area contributed by atoms with Crippen LogP contribution in [0.2, 0.25) is 0 Å². The van der Waals surface area contributed by atoms with Crippen LogP contribution in [0.5, 0.6) is 0 Å². The summed E-state index contributed by atoms with van der Waals surface area (Å²) in [4.78, 5) is 32.1. The van der Waals surface area contributed by atoms with Gasteiger partial charge in [0.1, 0.15) is 12.7 Å². The van der Waals surface area contributed by atoms with E-state index in [4.69, 9.17) is 0 Å². The highest BCUT2D eigenvalue weighted by molar-refractivity contribution is 7.89. The van der Waals surface area contributed by atoms with Gasteiger partial charge in [-0.1, -0.05) is 6.07 Å². The summed E-state index contributed by atoms with van der Waals surface area (Å²) >= 11 is 0. The molecule has 4 rings (SSSR count). The molecule has 3 heterocycles. The molecule has 0 radical (unpaired) electrons. The second kappa shape index (κ2) is 8.00. The summed E-state index contributed by atoms with van der Waals surface area (Å²) in [5, 5.41) is 9.23. The topological polar surface area (TPSA) is 139 Å². The monoisotopic (exact) mass is 427 g/mol. The van der Waals surface area contributed by atoms with Crippen LogP contribution < -0.4 is 10.6 Å². The van der Waals surface area contributed by atoms with Crippen molar-refractivity contribution in [2.24, 2.45) is 0 Å². The minimum atomic E-state index is -3.89. The van der Waals surface area contributed by atoms with Crippen molar-refractivity contribution in [2.75, 3.05) is 25.0 Å². The van der Waals surface area contributed by atoms with E-state index in [1.54, 1.807) is 12.1 Å². The number of carbonyl (C=O) groups excluding carboxylic acids is 2. The van der Waals surface area contributed by atoms with Crippen molar-refractivity contribution >= 4 is 27.5 Å². The third-order valence-electron chi connectivity index (χ3n) is 4.40. The lowest BCUT2D eigenvalue weighted by atomic mass is 10.2. The summed E-state index contributed by atoms with van der Waals surface area (Å²) in [5.74, 6) is -0.316. The summed E-state index contributed by atoms with van der Waals surface area (Å²) in [6.07, 6.45) is 4.34. The van der Waals surface area contributed by atoms with E-state index in [2.05, 4.69) is 25.7 Å². The second-order valence-electron chi connectivity index (χ2n) is 6.42. The van der Waals surface area contributed by atoms with E-state index in [9.17, 15) is 18.0 Å². The summed E-state index contributed by atoms with van der Waals surface area (Å²) in [5.41, 5.74) is 0.600. The van der Waals surface area contributed by atoms with E-state index >= 15 is 0 Å². The van der Waals surface area contributed by atoms with E-state index in [1.807, 2.05) is 0 Å². The van der Waals surface area contributed by atoms with Gasteiger partial charge in [-0.25, -0.2) is 23.1 Å². The fraction of sp³-hybridized carbons (Fsp3) is 0.167. The summed E-state index contributed by atoms with van der Waals surface area (Å²) < 4.78 is 28.2. The summed E-state index contributed by atoms with van der Waals surface area (Å²) in [6.45, 7) is 0.173. The van der Waals surface area contributed by atoms with Gasteiger partial charge in [-0.2, -0.15) is 9.40 Å². The van der Waals surface area contributed by atoms with Gasteiger partial charge in [0.25, 0.3) is 5.91 Å². The zero-order chi connectivity index (χ0) is 21.1. The van der Waals surface area contributed by atoms with Crippen LogP contribution in [0.15, 0.2) is 60.1 Å². The van der Waals surface area contributed by atoms with Crippen molar-refractivity contribution in [1.82, 2.24) is 29.4 Å². The molecule has 0 aliphatic carbocycles. The number of benzene rings is 1. The molecule has 0 unspecified atom stereocenters. The Hall–Kier alpha value is -3.64. The Morgan fingerprint density at radius 3 is 2.77 bits per heavy atom. The highest BCUT2D eigenvalue weighted by atomic mass is 32.2. The van der Waals surface area contributed by atoms with Crippen LogP contribution in [0.4, 0.5) is 5.69 Å². The molecular formula is C18H17N7O4S. The fourth-order valence-corrected chi connectivity index (χ4v) is 4.34. The van der Waals surface area contributed by atoms with Gasteiger partial charge in [-0.3, -0.25) is 9.59 Å². The van der Waals surface area contributed by atoms with Crippen LogP contribution in [0.25, 0.3) is 5.82 Å². The first-order chi connectivity index (χ1) is 14.4. The van der Waals surface area contributed by atoms with Crippen molar-refractivity contribution in [3.63, 3.8) is 0 Å². The molecule has 1 saturated heterocycles. The molecule has 0 bridgehead atoms. The lowest BCUT2D eigenvalue weighted by Gasteiger charge is -2.26. The Labute approximate surface area is 171 Å². The van der Waals surface area contributed by atoms with Crippen LogP contribution in [-0.2, 0) is 14.8 Å². The quantitative estimate of drug-likeness (QED) is 0.586. The van der Waals surface area contributed by atoms with E-state index in [0.29, 0.717) is 11.5 Å². The standard InChI is InChI=1S/C18H17N7O4S/c26-17-10-24(7-6-20-17)30(28,29)15-3-1-2-13(8-15)18(27)23-14-4-5-16(21-9-14)25-12-19-11-22-25/h1-5,8-9,11-12H,6-7,10H2,(H,20,26)(H,23,27). The van der Waals surface area contributed by atoms with Gasteiger partial charge in [0.15, 0.2) is 5.82 Å². The first-order valence-electron chi connectivity index (χ1n) is 8.93. The van der Waals surface area contributed by atoms with E-state index in [-0.39, 0.29) is 36.0 Å². The highest BCUT2D eigenvalue weighted by Gasteiger charge is 2.29. The minimum absolute atomic E-state index is 0.0514. The van der Waals surface area contributed by atoms with E-state index in [0.717, 1.165) is 4.31 Å². The number of piperazine rings is 1. The molecule has 2 amide bonds. The normalized spacial score (nSPS) is 14.9. The maximum Gasteiger partial charge on any atom is 0.255 e. The van der Waals surface area contributed by atoms with Gasteiger partial charge in [0.2, 0.25) is 15.9 Å². The molecule has 1 fully saturated rings. The number of rotatable bonds is 5. The summed E-state index contributed by atoms with van der Waals surface area (Å²) in [7, 11) is -3.89. The third-order valence-corrected chi connectivity index (χ3v) is 6.24. The predicted octanol–water partition coefficient (Wildman–Crippen LogP) is 0.0351. The number of hydrogen-bond acceptors (Lipinski definition) is 7. The Morgan fingerprint density at radius 2 is 2.07 bits per heavy atom. The average Bonchev–Trinajstić information content (AvgIpc) is 3.29. The molecule has 11 nitrogen and oxygen atoms in total. The molecule has 2 aromatic heterocycles. The van der Waals surface area contributed by atoms with E-state index in [1.165, 1.54) is 47.8 Å². The number of anilines is 1. The highest BCUT2D eigenvalue weighted by Crippen LogP contribution is 2.19. The molecule has 3 aromatic rings.